The summed E-state index contributed by atoms with van der Waals surface area (Å²) in [5, 5.41) is 3.56. The molecule has 2 heterocycles. The van der Waals surface area contributed by atoms with E-state index in [-0.39, 0.29) is 0 Å². The highest BCUT2D eigenvalue weighted by Gasteiger charge is 2.20. The van der Waals surface area contributed by atoms with E-state index in [2.05, 4.69) is 10.4 Å². The molecule has 5 heteroatoms. The number of hydrogen-bond donors (Lipinski definition) is 0. The fourth-order valence-electron chi connectivity index (χ4n) is 2.46. The molecule has 0 aliphatic heterocycles. The maximum Gasteiger partial charge on any atom is 0.204 e. The van der Waals surface area contributed by atoms with E-state index in [0.717, 1.165) is 29.1 Å². The van der Waals surface area contributed by atoms with Crippen molar-refractivity contribution in [3.63, 3.8) is 0 Å². The van der Waals surface area contributed by atoms with E-state index in [4.69, 9.17) is 9.40 Å². The van der Waals surface area contributed by atoms with Gasteiger partial charge in [-0.3, -0.25) is 0 Å². The van der Waals surface area contributed by atoms with Crippen LogP contribution >= 0.6 is 23.1 Å². The van der Waals surface area contributed by atoms with Gasteiger partial charge in [0.2, 0.25) is 5.89 Å². The average Bonchev–Trinajstić information content (AvgIpc) is 3.09. The number of oxazole rings is 1. The number of thiazole rings is 1. The standard InChI is InChI=1S/C14H18N2OS2/c1-10-6-15-13(17-10)9-18-7-12-8-19-14(16-12)11-4-2-3-5-11/h6,8,11H,2-5,7,9H2,1H3. The normalized spacial score (nSPS) is 16.3. The summed E-state index contributed by atoms with van der Waals surface area (Å²) in [6.07, 6.45) is 7.18. The Kier molecular flexibility index (Phi) is 4.23. The van der Waals surface area contributed by atoms with Gasteiger partial charge in [0.15, 0.2) is 0 Å². The van der Waals surface area contributed by atoms with Crippen LogP contribution in [0.5, 0.6) is 0 Å². The van der Waals surface area contributed by atoms with E-state index in [9.17, 15) is 0 Å². The lowest BCUT2D eigenvalue weighted by atomic mass is 10.1. The Hall–Kier alpha value is -0.810. The molecule has 3 rings (SSSR count). The van der Waals surface area contributed by atoms with Gasteiger partial charge >= 0.3 is 0 Å². The fourth-order valence-corrected chi connectivity index (χ4v) is 4.32. The van der Waals surface area contributed by atoms with Crippen LogP contribution in [0.2, 0.25) is 0 Å². The molecule has 0 amide bonds. The molecule has 0 spiro atoms. The number of nitrogens with zero attached hydrogens (tertiary/aromatic N) is 2. The Bertz CT molecular complexity index is 529. The number of aromatic nitrogens is 2. The Morgan fingerprint density at radius 1 is 1.37 bits per heavy atom. The molecule has 1 fully saturated rings. The lowest BCUT2D eigenvalue weighted by molar-refractivity contribution is 0.490. The van der Waals surface area contributed by atoms with Gasteiger partial charge in [-0.1, -0.05) is 12.8 Å². The van der Waals surface area contributed by atoms with Gasteiger partial charge < -0.3 is 4.42 Å². The van der Waals surface area contributed by atoms with Crippen molar-refractivity contribution in [1.29, 1.82) is 0 Å². The highest BCUT2D eigenvalue weighted by atomic mass is 32.2. The number of hydrogen-bond acceptors (Lipinski definition) is 5. The van der Waals surface area contributed by atoms with Crippen molar-refractivity contribution in [3.05, 3.63) is 33.9 Å². The molecule has 102 valence electrons. The maximum absolute atomic E-state index is 5.46. The third kappa shape index (κ3) is 3.39. The second-order valence-electron chi connectivity index (χ2n) is 5.02. The summed E-state index contributed by atoms with van der Waals surface area (Å²) >= 11 is 3.65. The second kappa shape index (κ2) is 6.09. The molecule has 0 saturated heterocycles. The first-order chi connectivity index (χ1) is 9.31. The van der Waals surface area contributed by atoms with Gasteiger partial charge in [0.1, 0.15) is 5.76 Å². The van der Waals surface area contributed by atoms with E-state index < -0.39 is 0 Å². The van der Waals surface area contributed by atoms with Crippen molar-refractivity contribution < 1.29 is 4.42 Å². The SMILES string of the molecule is Cc1cnc(CSCc2csc(C3CCCC3)n2)o1. The van der Waals surface area contributed by atoms with E-state index in [1.807, 2.05) is 30.0 Å². The molecule has 0 radical (unpaired) electrons. The highest BCUT2D eigenvalue weighted by Crippen LogP contribution is 2.36. The number of rotatable bonds is 5. The van der Waals surface area contributed by atoms with Gasteiger partial charge in [-0.15, -0.1) is 23.1 Å². The smallest absolute Gasteiger partial charge is 0.204 e. The zero-order valence-corrected chi connectivity index (χ0v) is 12.7. The van der Waals surface area contributed by atoms with Crippen molar-refractivity contribution in [2.45, 2.75) is 50.0 Å². The van der Waals surface area contributed by atoms with Crippen LogP contribution in [0.3, 0.4) is 0 Å². The van der Waals surface area contributed by atoms with E-state index in [1.165, 1.54) is 36.4 Å². The average molecular weight is 294 g/mol. The molecule has 2 aromatic rings. The van der Waals surface area contributed by atoms with Gasteiger partial charge in [-0.25, -0.2) is 9.97 Å². The van der Waals surface area contributed by atoms with Crippen molar-refractivity contribution >= 4 is 23.1 Å². The van der Waals surface area contributed by atoms with Crippen LogP contribution in [-0.2, 0) is 11.5 Å². The summed E-state index contributed by atoms with van der Waals surface area (Å²) in [6.45, 7) is 1.93. The van der Waals surface area contributed by atoms with Crippen LogP contribution in [0.15, 0.2) is 16.0 Å². The lowest BCUT2D eigenvalue weighted by Gasteiger charge is -2.02. The van der Waals surface area contributed by atoms with Gasteiger partial charge in [0.25, 0.3) is 0 Å². The van der Waals surface area contributed by atoms with Crippen LogP contribution in [0.4, 0.5) is 0 Å². The third-order valence-electron chi connectivity index (χ3n) is 3.42. The van der Waals surface area contributed by atoms with Crippen LogP contribution in [0.1, 0.15) is 54.0 Å². The van der Waals surface area contributed by atoms with E-state index in [1.54, 1.807) is 6.20 Å². The number of aryl methyl sites for hydroxylation is 1. The van der Waals surface area contributed by atoms with Crippen LogP contribution in [0, 0.1) is 6.92 Å². The summed E-state index contributed by atoms with van der Waals surface area (Å²) < 4.78 is 5.46. The first-order valence-corrected chi connectivity index (χ1v) is 8.78. The molecule has 0 bridgehead atoms. The first kappa shape index (κ1) is 13.2. The summed E-state index contributed by atoms with van der Waals surface area (Å²) in [5.74, 6) is 4.20. The molecule has 0 unspecified atom stereocenters. The minimum Gasteiger partial charge on any atom is -0.445 e. The molecule has 0 aromatic carbocycles. The quantitative estimate of drug-likeness (QED) is 0.812. The van der Waals surface area contributed by atoms with Crippen LogP contribution < -0.4 is 0 Å². The molecule has 0 N–H and O–H groups in total. The topological polar surface area (TPSA) is 38.9 Å². The number of thioether (sulfide) groups is 1. The van der Waals surface area contributed by atoms with Gasteiger partial charge in [0.05, 0.1) is 22.7 Å². The Morgan fingerprint density at radius 2 is 2.21 bits per heavy atom. The molecule has 1 aliphatic carbocycles. The van der Waals surface area contributed by atoms with Crippen molar-refractivity contribution in [2.24, 2.45) is 0 Å². The highest BCUT2D eigenvalue weighted by molar-refractivity contribution is 7.97. The summed E-state index contributed by atoms with van der Waals surface area (Å²) in [5.41, 5.74) is 1.21. The minimum absolute atomic E-state index is 0.734. The van der Waals surface area contributed by atoms with Crippen molar-refractivity contribution in [3.8, 4) is 0 Å². The van der Waals surface area contributed by atoms with E-state index in [0.29, 0.717) is 0 Å². The zero-order chi connectivity index (χ0) is 13.1. The molecule has 1 saturated carbocycles. The van der Waals surface area contributed by atoms with E-state index >= 15 is 0 Å². The molecular formula is C14H18N2OS2. The van der Waals surface area contributed by atoms with Crippen molar-refractivity contribution in [2.75, 3.05) is 0 Å². The molecule has 1 aliphatic rings. The largest absolute Gasteiger partial charge is 0.445 e. The van der Waals surface area contributed by atoms with Crippen molar-refractivity contribution in [1.82, 2.24) is 9.97 Å². The minimum atomic E-state index is 0.734. The van der Waals surface area contributed by atoms with Crippen LogP contribution in [0.25, 0.3) is 0 Å². The second-order valence-corrected chi connectivity index (χ2v) is 6.89. The first-order valence-electron chi connectivity index (χ1n) is 6.74. The molecule has 3 nitrogen and oxygen atoms in total. The molecule has 0 atom stereocenters. The fraction of sp³-hybridized carbons (Fsp3) is 0.571. The predicted molar refractivity (Wildman–Crippen MR) is 79.6 cm³/mol. The summed E-state index contributed by atoms with van der Waals surface area (Å²) in [4.78, 5) is 8.99. The third-order valence-corrected chi connectivity index (χ3v) is 5.43. The summed E-state index contributed by atoms with van der Waals surface area (Å²) in [6, 6.07) is 0. The lowest BCUT2D eigenvalue weighted by Crippen LogP contribution is -1.91. The van der Waals surface area contributed by atoms with Gasteiger partial charge in [0, 0.05) is 17.1 Å². The van der Waals surface area contributed by atoms with Crippen LogP contribution in [-0.4, -0.2) is 9.97 Å². The summed E-state index contributed by atoms with van der Waals surface area (Å²) in [7, 11) is 0. The molecular weight excluding hydrogens is 276 g/mol. The molecule has 2 aromatic heterocycles. The van der Waals surface area contributed by atoms with Gasteiger partial charge in [-0.2, -0.15) is 0 Å². The Labute approximate surface area is 121 Å². The molecule has 19 heavy (non-hydrogen) atoms. The Balaban J connectivity index is 1.50. The van der Waals surface area contributed by atoms with Gasteiger partial charge in [-0.05, 0) is 19.8 Å². The zero-order valence-electron chi connectivity index (χ0n) is 11.1. The predicted octanol–water partition coefficient (Wildman–Crippen LogP) is 4.53. The Morgan fingerprint density at radius 3 is 2.95 bits per heavy atom. The maximum atomic E-state index is 5.46. The monoisotopic (exact) mass is 294 g/mol.